The molecule has 1 amide bonds. The van der Waals surface area contributed by atoms with Crippen LogP contribution in [-0.4, -0.2) is 27.2 Å². The van der Waals surface area contributed by atoms with Crippen LogP contribution in [0.2, 0.25) is 0 Å². The molecule has 0 saturated carbocycles. The van der Waals surface area contributed by atoms with Crippen LogP contribution in [-0.2, 0) is 32.7 Å². The first-order valence-electron chi connectivity index (χ1n) is 7.01. The minimum atomic E-state index is -1.83. The predicted octanol–water partition coefficient (Wildman–Crippen LogP) is 4.50. The molecule has 5 nitrogen and oxygen atoms in total. The smallest absolute Gasteiger partial charge is 0.258 e. The fourth-order valence-electron chi connectivity index (χ4n) is 2.25. The normalized spacial score (nSPS) is 9.77. The monoisotopic (exact) mass is 503 g/mol. The maximum absolute atomic E-state index is 12.7. The molecule has 0 atom stereocenters. The van der Waals surface area contributed by atoms with Gasteiger partial charge in [-0.3, -0.25) is 13.6 Å². The number of methoxy groups -OCH3 is 3. The second kappa shape index (κ2) is 10.1. The summed E-state index contributed by atoms with van der Waals surface area (Å²) >= 11 is 3.30. The third-order valence-electron chi connectivity index (χ3n) is 3.34. The Kier molecular flexibility index (Phi) is 8.79. The first kappa shape index (κ1) is 22.7. The number of carbonyl (C=O) groups is 1. The van der Waals surface area contributed by atoms with Gasteiger partial charge in [0, 0.05) is 32.7 Å². The summed E-state index contributed by atoms with van der Waals surface area (Å²) in [5.74, 6) is 0.225. The van der Waals surface area contributed by atoms with Crippen LogP contribution in [0.4, 0.5) is 14.5 Å². The van der Waals surface area contributed by atoms with Crippen molar-refractivity contribution >= 4 is 27.5 Å². The molecule has 1 radical (unpaired) electrons. The second-order valence-corrected chi connectivity index (χ2v) is 5.66. The van der Waals surface area contributed by atoms with Gasteiger partial charge in [-0.05, 0) is 27.7 Å². The molecule has 0 unspecified atom stereocenters. The number of amides is 1. The summed E-state index contributed by atoms with van der Waals surface area (Å²) in [6.07, 6.45) is -1.83. The number of carbonyl (C=O) groups excluding carboxylic acids is 1. The van der Waals surface area contributed by atoms with Crippen molar-refractivity contribution in [2.75, 3.05) is 26.6 Å². The maximum Gasteiger partial charge on any atom is 0.258 e. The Morgan fingerprint density at radius 3 is 2.19 bits per heavy atom. The van der Waals surface area contributed by atoms with Crippen molar-refractivity contribution < 1.29 is 60.5 Å². The van der Waals surface area contributed by atoms with E-state index in [0.29, 0.717) is 10.2 Å². The Hall–Kier alpha value is -1.38. The average Bonchev–Trinajstić information content (AvgIpc) is 2.60. The molecule has 137 valence electrons. The second-order valence-electron chi connectivity index (χ2n) is 4.80. The van der Waals surface area contributed by atoms with E-state index in [1.165, 1.54) is 51.7 Å². The molecular weight excluding hydrogens is 489 g/mol. The number of anilines is 1. The Bertz CT molecular complexity index is 790. The third kappa shape index (κ3) is 4.87. The van der Waals surface area contributed by atoms with Gasteiger partial charge >= 0.3 is 0 Å². The summed E-state index contributed by atoms with van der Waals surface area (Å²) in [4.78, 5) is 12.6. The van der Waals surface area contributed by atoms with Crippen molar-refractivity contribution in [1.29, 1.82) is 0 Å². The summed E-state index contributed by atoms with van der Waals surface area (Å²) in [5, 5.41) is 2.56. The quantitative estimate of drug-likeness (QED) is 0.590. The van der Waals surface area contributed by atoms with Crippen LogP contribution in [0.1, 0.15) is 15.9 Å². The van der Waals surface area contributed by atoms with Crippen molar-refractivity contribution in [3.63, 3.8) is 0 Å². The number of hydrogen-bond acceptors (Lipinski definition) is 4. The van der Waals surface area contributed by atoms with Gasteiger partial charge in [0.25, 0.3) is 5.91 Å². The molecule has 9 heteroatoms. The van der Waals surface area contributed by atoms with Gasteiger partial charge in [-0.2, -0.15) is 6.07 Å². The molecule has 26 heavy (non-hydrogen) atoms. The van der Waals surface area contributed by atoms with Crippen LogP contribution in [0, 0.1) is 6.43 Å². The van der Waals surface area contributed by atoms with E-state index in [-0.39, 0.29) is 61.0 Å². The predicted molar refractivity (Wildman–Crippen MR) is 92.8 cm³/mol. The van der Waals surface area contributed by atoms with Crippen molar-refractivity contribution in [3.05, 3.63) is 52.4 Å². The van der Waals surface area contributed by atoms with Crippen LogP contribution in [0.25, 0.3) is 0 Å². The summed E-state index contributed by atoms with van der Waals surface area (Å²) < 4.78 is 41.7. The molecule has 1 N–H and O–H groups in total. The number of halogens is 3. The number of hydrogen-bond donors (Lipinski definition) is 1. The zero-order valence-electron chi connectivity index (χ0n) is 14.2. The molecule has 0 aromatic heterocycles. The molecule has 0 fully saturated rings. The van der Waals surface area contributed by atoms with Gasteiger partial charge in [-0.15, -0.1) is 17.7 Å². The summed E-state index contributed by atoms with van der Waals surface area (Å²) in [5.41, 5.74) is 0.114. The molecule has 2 aromatic rings. The summed E-state index contributed by atoms with van der Waals surface area (Å²) in [6.45, 7) is 0. The molecule has 0 saturated heterocycles. The van der Waals surface area contributed by atoms with Crippen molar-refractivity contribution in [2.45, 2.75) is 0 Å². The Labute approximate surface area is 183 Å². The topological polar surface area (TPSA) is 56.8 Å². The van der Waals surface area contributed by atoms with Crippen LogP contribution in [0.5, 0.6) is 17.2 Å². The Balaban J connectivity index is 0.00000338. The van der Waals surface area contributed by atoms with E-state index in [4.69, 9.17) is 14.2 Å². The standard InChI is InChI=1S/C17H15BrF2NO4.Y/c1-23-13-11(8-12(18)14(24-2)15(13)25-3)17(22)21-10-6-4-5-9(7-10)16(19)20;/h4-8H,1-3H3,(H,21,22);/q-1;. The van der Waals surface area contributed by atoms with Crippen LogP contribution in [0.3, 0.4) is 0 Å². The van der Waals surface area contributed by atoms with Crippen LogP contribution < -0.4 is 19.5 Å². The molecule has 0 bridgehead atoms. The van der Waals surface area contributed by atoms with Crippen LogP contribution in [0.15, 0.2) is 34.8 Å². The largest absolute Gasteiger partial charge is 0.492 e. The van der Waals surface area contributed by atoms with Crippen molar-refractivity contribution in [3.8, 4) is 17.2 Å². The number of nitrogens with one attached hydrogen (secondary N) is 1. The minimum Gasteiger partial charge on any atom is -0.492 e. The van der Waals surface area contributed by atoms with E-state index >= 15 is 0 Å². The van der Waals surface area contributed by atoms with E-state index in [1.807, 2.05) is 0 Å². The molecule has 2 rings (SSSR count). The van der Waals surface area contributed by atoms with Gasteiger partial charge in [0.05, 0.1) is 31.4 Å². The fourth-order valence-corrected chi connectivity index (χ4v) is 2.82. The molecule has 0 aliphatic heterocycles. The van der Waals surface area contributed by atoms with E-state index in [9.17, 15) is 13.6 Å². The van der Waals surface area contributed by atoms with Gasteiger partial charge in [-0.1, -0.05) is 6.07 Å². The zero-order valence-corrected chi connectivity index (χ0v) is 18.7. The van der Waals surface area contributed by atoms with Gasteiger partial charge < -0.3 is 19.5 Å². The van der Waals surface area contributed by atoms with Gasteiger partial charge in [0.2, 0.25) is 5.75 Å². The third-order valence-corrected chi connectivity index (χ3v) is 3.93. The van der Waals surface area contributed by atoms with Crippen molar-refractivity contribution in [1.82, 2.24) is 0 Å². The fraction of sp³-hybridized carbons (Fsp3) is 0.176. The molecule has 0 heterocycles. The molecule has 0 aliphatic carbocycles. The van der Waals surface area contributed by atoms with Gasteiger partial charge in [0.1, 0.15) is 0 Å². The Morgan fingerprint density at radius 1 is 1.04 bits per heavy atom. The molecule has 2 aromatic carbocycles. The van der Waals surface area contributed by atoms with Crippen molar-refractivity contribution in [2.24, 2.45) is 0 Å². The average molecular weight is 504 g/mol. The van der Waals surface area contributed by atoms with E-state index in [1.54, 1.807) is 0 Å². The SMILES string of the molecule is COc1c(Br)cc(C(=O)Nc2cccc([C-](F)F)c2)c(OC)c1OC.[Y]. The van der Waals surface area contributed by atoms with E-state index in [2.05, 4.69) is 21.2 Å². The first-order valence-corrected chi connectivity index (χ1v) is 7.80. The van der Waals surface area contributed by atoms with Gasteiger partial charge in [-0.25, -0.2) is 0 Å². The van der Waals surface area contributed by atoms with E-state index < -0.39 is 12.3 Å². The zero-order chi connectivity index (χ0) is 18.6. The maximum atomic E-state index is 12.7. The van der Waals surface area contributed by atoms with E-state index in [0.717, 1.165) is 0 Å². The molecular formula is C17H15BrF2NO4Y-. The number of benzene rings is 2. The first-order chi connectivity index (χ1) is 11.9. The number of rotatable bonds is 6. The Morgan fingerprint density at radius 2 is 1.65 bits per heavy atom. The summed E-state index contributed by atoms with van der Waals surface area (Å²) in [7, 11) is 4.25. The number of ether oxygens (including phenoxy) is 3. The molecule has 0 spiro atoms. The van der Waals surface area contributed by atoms with Gasteiger partial charge in [0.15, 0.2) is 17.9 Å². The molecule has 0 aliphatic rings. The van der Waals surface area contributed by atoms with Crippen LogP contribution >= 0.6 is 15.9 Å². The minimum absolute atomic E-state index is 0. The summed E-state index contributed by atoms with van der Waals surface area (Å²) in [6, 6.07) is 6.85.